The van der Waals surface area contributed by atoms with Crippen LogP contribution in [-0.2, 0) is 29.0 Å². The van der Waals surface area contributed by atoms with E-state index in [1.165, 1.54) is 21.7 Å². The van der Waals surface area contributed by atoms with Crippen molar-refractivity contribution in [3.63, 3.8) is 0 Å². The zero-order valence-electron chi connectivity index (χ0n) is 42.0. The summed E-state index contributed by atoms with van der Waals surface area (Å²) in [5.41, 5.74) is 9.27. The van der Waals surface area contributed by atoms with Crippen LogP contribution in [-0.4, -0.2) is 119 Å². The SMILES string of the molecule is COc1ccc(CN2C(=O)CCN(c3ccc(N4CCC(CN5CCC(n6cc(Nc7cc8c(cn7)CCN(c7cnc9c(c7C)N(C(=O)OC(C)(C)C)CCO9)C8)cn6)CC5)CC4)cc3C)C2=O)cc1. The second kappa shape index (κ2) is 20.1. The van der Waals surface area contributed by atoms with Crippen LogP contribution >= 0.6 is 0 Å². The maximum atomic E-state index is 13.7. The topological polar surface area (TPSA) is 154 Å². The van der Waals surface area contributed by atoms with Crippen LogP contribution in [0, 0.1) is 19.8 Å². The predicted molar refractivity (Wildman–Crippen MR) is 274 cm³/mol. The molecule has 5 aliphatic rings. The lowest BCUT2D eigenvalue weighted by Gasteiger charge is -2.39. The number of aromatic nitrogens is 4. The largest absolute Gasteiger partial charge is 0.497 e. The van der Waals surface area contributed by atoms with Gasteiger partial charge in [0.05, 0.1) is 50.0 Å². The number of amides is 4. The molecule has 0 bridgehead atoms. The summed E-state index contributed by atoms with van der Waals surface area (Å²) in [5.74, 6) is 2.48. The summed E-state index contributed by atoms with van der Waals surface area (Å²) in [5, 5.41) is 8.33. The van der Waals surface area contributed by atoms with Crippen molar-refractivity contribution in [1.82, 2.24) is 29.5 Å². The molecule has 5 aliphatic heterocycles. The normalized spacial score (nSPS) is 18.3. The van der Waals surface area contributed by atoms with Gasteiger partial charge in [-0.3, -0.25) is 24.2 Å². The highest BCUT2D eigenvalue weighted by Gasteiger charge is 2.35. The molecular formula is C54H67N11O6. The molecule has 71 heavy (non-hydrogen) atoms. The maximum Gasteiger partial charge on any atom is 0.415 e. The van der Waals surface area contributed by atoms with E-state index in [-0.39, 0.29) is 18.5 Å². The highest BCUT2D eigenvalue weighted by atomic mass is 16.6. The molecule has 1 N–H and O–H groups in total. The maximum absolute atomic E-state index is 13.7. The number of methoxy groups -OCH3 is 1. The van der Waals surface area contributed by atoms with Gasteiger partial charge < -0.3 is 34.2 Å². The van der Waals surface area contributed by atoms with Crippen molar-refractivity contribution in [3.05, 3.63) is 101 Å². The second-order valence-electron chi connectivity index (χ2n) is 20.7. The number of benzene rings is 2. The molecule has 3 aromatic heterocycles. The number of pyridine rings is 2. The summed E-state index contributed by atoms with van der Waals surface area (Å²) in [4.78, 5) is 61.4. The van der Waals surface area contributed by atoms with Crippen molar-refractivity contribution in [2.75, 3.05) is 91.0 Å². The van der Waals surface area contributed by atoms with Crippen LogP contribution in [0.5, 0.6) is 11.6 Å². The van der Waals surface area contributed by atoms with Gasteiger partial charge in [0.1, 0.15) is 29.5 Å². The summed E-state index contributed by atoms with van der Waals surface area (Å²) in [6.45, 7) is 17.8. The zero-order valence-corrected chi connectivity index (χ0v) is 42.0. The van der Waals surface area contributed by atoms with Gasteiger partial charge in [0, 0.05) is 88.1 Å². The van der Waals surface area contributed by atoms with Crippen molar-refractivity contribution >= 4 is 52.3 Å². The van der Waals surface area contributed by atoms with Crippen LogP contribution in [0.1, 0.15) is 86.7 Å². The molecule has 374 valence electrons. The highest BCUT2D eigenvalue weighted by molar-refractivity contribution is 6.06. The molecule has 0 saturated carbocycles. The molecule has 0 atom stereocenters. The number of imide groups is 1. The number of likely N-dealkylation sites (tertiary alicyclic amines) is 1. The molecule has 0 radical (unpaired) electrons. The van der Waals surface area contributed by atoms with Gasteiger partial charge in [-0.1, -0.05) is 12.1 Å². The van der Waals surface area contributed by atoms with E-state index in [0.29, 0.717) is 56.2 Å². The Labute approximate surface area is 416 Å². The van der Waals surface area contributed by atoms with Crippen molar-refractivity contribution in [2.45, 2.75) is 97.9 Å². The molecule has 17 nitrogen and oxygen atoms in total. The van der Waals surface area contributed by atoms with Gasteiger partial charge in [-0.25, -0.2) is 19.6 Å². The number of rotatable bonds is 11. The fraction of sp³-hybridized carbons (Fsp3) is 0.481. The minimum Gasteiger partial charge on any atom is -0.497 e. The Balaban J connectivity index is 0.688. The van der Waals surface area contributed by atoms with Crippen molar-refractivity contribution in [1.29, 1.82) is 0 Å². The van der Waals surface area contributed by atoms with Crippen LogP contribution in [0.2, 0.25) is 0 Å². The van der Waals surface area contributed by atoms with Gasteiger partial charge in [0.2, 0.25) is 11.8 Å². The zero-order chi connectivity index (χ0) is 49.4. The van der Waals surface area contributed by atoms with Gasteiger partial charge in [-0.15, -0.1) is 0 Å². The van der Waals surface area contributed by atoms with Crippen molar-refractivity contribution in [3.8, 4) is 11.6 Å². The summed E-state index contributed by atoms with van der Waals surface area (Å²) in [6, 6.07) is 16.1. The van der Waals surface area contributed by atoms with Crippen LogP contribution in [0.4, 0.5) is 43.8 Å². The van der Waals surface area contributed by atoms with Gasteiger partial charge in [0.15, 0.2) is 0 Å². The van der Waals surface area contributed by atoms with E-state index in [0.717, 1.165) is 117 Å². The third-order valence-electron chi connectivity index (χ3n) is 14.7. The monoisotopic (exact) mass is 966 g/mol. The number of anilines is 6. The van der Waals surface area contributed by atoms with E-state index in [4.69, 9.17) is 24.3 Å². The lowest BCUT2D eigenvalue weighted by molar-refractivity contribution is -0.129. The number of hydrogen-bond donors (Lipinski definition) is 1. The fourth-order valence-electron chi connectivity index (χ4n) is 10.8. The number of carbonyl (C=O) groups is 3. The Kier molecular flexibility index (Phi) is 13.5. The number of aryl methyl sites for hydroxylation is 1. The Morgan fingerprint density at radius 1 is 0.831 bits per heavy atom. The molecule has 3 saturated heterocycles. The molecule has 2 aromatic carbocycles. The van der Waals surface area contributed by atoms with Gasteiger partial charge in [-0.2, -0.15) is 5.10 Å². The van der Waals surface area contributed by atoms with Crippen molar-refractivity contribution < 1.29 is 28.6 Å². The van der Waals surface area contributed by atoms with E-state index in [1.54, 1.807) is 16.9 Å². The third kappa shape index (κ3) is 10.5. The van der Waals surface area contributed by atoms with Gasteiger partial charge in [-0.05, 0) is 131 Å². The minimum atomic E-state index is -0.613. The number of carbonyl (C=O) groups excluding carboxylic acids is 3. The van der Waals surface area contributed by atoms with Crippen LogP contribution in [0.15, 0.2) is 73.3 Å². The lowest BCUT2D eigenvalue weighted by Crippen LogP contribution is -2.52. The highest BCUT2D eigenvalue weighted by Crippen LogP contribution is 2.40. The van der Waals surface area contributed by atoms with Crippen LogP contribution < -0.4 is 34.4 Å². The number of piperidine rings is 2. The van der Waals surface area contributed by atoms with E-state index in [1.807, 2.05) is 70.6 Å². The predicted octanol–water partition coefficient (Wildman–Crippen LogP) is 8.65. The molecule has 4 amide bonds. The molecule has 3 fully saturated rings. The molecule has 17 heteroatoms. The number of hydrogen-bond acceptors (Lipinski definition) is 13. The van der Waals surface area contributed by atoms with Crippen LogP contribution in [0.25, 0.3) is 0 Å². The molecule has 10 rings (SSSR count). The number of urea groups is 1. The van der Waals surface area contributed by atoms with Gasteiger partial charge >= 0.3 is 12.1 Å². The third-order valence-corrected chi connectivity index (χ3v) is 14.7. The summed E-state index contributed by atoms with van der Waals surface area (Å²) >= 11 is 0. The molecule has 8 heterocycles. The fourth-order valence-corrected chi connectivity index (χ4v) is 10.8. The van der Waals surface area contributed by atoms with Crippen LogP contribution in [0.3, 0.4) is 0 Å². The molecule has 0 aliphatic carbocycles. The van der Waals surface area contributed by atoms with E-state index in [2.05, 4.69) is 67.1 Å². The summed E-state index contributed by atoms with van der Waals surface area (Å²) in [6.07, 6.45) is 13.0. The molecular weight excluding hydrogens is 899 g/mol. The minimum absolute atomic E-state index is 0.149. The van der Waals surface area contributed by atoms with E-state index in [9.17, 15) is 14.4 Å². The molecule has 0 spiro atoms. The Morgan fingerprint density at radius 3 is 2.37 bits per heavy atom. The summed E-state index contributed by atoms with van der Waals surface area (Å²) < 4.78 is 19.0. The second-order valence-corrected chi connectivity index (χ2v) is 20.7. The first-order valence-electron chi connectivity index (χ1n) is 25.3. The van der Waals surface area contributed by atoms with Gasteiger partial charge in [0.25, 0.3) is 0 Å². The Morgan fingerprint density at radius 2 is 1.62 bits per heavy atom. The number of ether oxygens (including phenoxy) is 3. The quantitative estimate of drug-likeness (QED) is 0.135. The average molecular weight is 966 g/mol. The van der Waals surface area contributed by atoms with Crippen molar-refractivity contribution in [2.24, 2.45) is 5.92 Å². The smallest absolute Gasteiger partial charge is 0.415 e. The Hall–Kier alpha value is -6.88. The first kappa shape index (κ1) is 47.8. The molecule has 0 unspecified atom stereocenters. The Bertz CT molecular complexity index is 2760. The molecule has 5 aromatic rings. The first-order valence-corrected chi connectivity index (χ1v) is 25.3. The number of fused-ring (bicyclic) bond motifs is 2. The first-order chi connectivity index (χ1) is 34.3. The van der Waals surface area contributed by atoms with E-state index >= 15 is 0 Å². The number of nitrogens with one attached hydrogen (secondary N) is 1. The lowest BCUT2D eigenvalue weighted by atomic mass is 9.94. The number of nitrogens with zero attached hydrogens (tertiary/aromatic N) is 10. The summed E-state index contributed by atoms with van der Waals surface area (Å²) in [7, 11) is 1.62. The average Bonchev–Trinajstić information content (AvgIpc) is 3.83. The van der Waals surface area contributed by atoms with E-state index < -0.39 is 11.7 Å². The standard InChI is InChI=1S/C54H67N11O6/c1-36-27-44(9-12-46(36)62-24-18-49(66)64(52(62)67)33-38-7-10-45(69-6)11-8-38)60-21-13-39(14-22-60)32-59-19-16-43(17-20-59)65-35-42(30-57-65)58-48-28-41-34-61(23-15-40(41)29-55-48)47-31-56-51-50(37(47)2)63(25-26-70-51)53(68)71-54(3,4)5/h7-12,27-31,35,39,43H,13-26,32-34H2,1-6H3,(H,55,58).